The van der Waals surface area contributed by atoms with Crippen molar-refractivity contribution in [3.05, 3.63) is 23.5 Å². The van der Waals surface area contributed by atoms with Crippen LogP contribution in [0, 0.1) is 5.82 Å². The summed E-state index contributed by atoms with van der Waals surface area (Å²) in [6.45, 7) is 0.581. The van der Waals surface area contributed by atoms with Crippen LogP contribution in [0.15, 0.2) is 12.1 Å². The Morgan fingerprint density at radius 1 is 1.31 bits per heavy atom. The van der Waals surface area contributed by atoms with Crippen LogP contribution in [-0.4, -0.2) is 18.3 Å². The molecule has 0 fully saturated rings. The molecule has 1 aliphatic rings. The van der Waals surface area contributed by atoms with Gasteiger partial charge < -0.3 is 14.6 Å². The Bertz CT molecular complexity index is 325. The molecule has 1 aromatic rings. The van der Waals surface area contributed by atoms with Crippen LogP contribution in [0.4, 0.5) is 4.39 Å². The quantitative estimate of drug-likeness (QED) is 0.710. The maximum absolute atomic E-state index is 13.2. The van der Waals surface area contributed by atoms with Gasteiger partial charge >= 0.3 is 0 Å². The van der Waals surface area contributed by atoms with Gasteiger partial charge in [-0.3, -0.25) is 0 Å². The molecule has 2 rings (SSSR count). The minimum Gasteiger partial charge on any atom is -0.486 e. The Morgan fingerprint density at radius 2 is 2.08 bits per heavy atom. The summed E-state index contributed by atoms with van der Waals surface area (Å²) in [6.07, 6.45) is 0. The van der Waals surface area contributed by atoms with E-state index in [-0.39, 0.29) is 12.4 Å². The van der Waals surface area contributed by atoms with E-state index < -0.39 is 5.82 Å². The average Bonchev–Trinajstić information content (AvgIpc) is 2.18. The molecular formula is C9H9FO3. The van der Waals surface area contributed by atoms with Gasteiger partial charge in [0.25, 0.3) is 0 Å². The van der Waals surface area contributed by atoms with Gasteiger partial charge in [0.1, 0.15) is 13.2 Å². The van der Waals surface area contributed by atoms with E-state index in [4.69, 9.17) is 14.6 Å². The summed E-state index contributed by atoms with van der Waals surface area (Å²) < 4.78 is 23.4. The first-order valence-corrected chi connectivity index (χ1v) is 4.00. The third-order valence-corrected chi connectivity index (χ3v) is 1.84. The normalized spacial score (nSPS) is 14.3. The maximum atomic E-state index is 13.2. The van der Waals surface area contributed by atoms with E-state index in [1.54, 1.807) is 6.07 Å². The maximum Gasteiger partial charge on any atom is 0.197 e. The fourth-order valence-corrected chi connectivity index (χ4v) is 1.26. The fourth-order valence-electron chi connectivity index (χ4n) is 1.26. The van der Waals surface area contributed by atoms with Gasteiger partial charge in [0, 0.05) is 0 Å². The number of aliphatic hydroxyl groups excluding tert-OH is 1. The summed E-state index contributed by atoms with van der Waals surface area (Å²) in [4.78, 5) is 0. The summed E-state index contributed by atoms with van der Waals surface area (Å²) in [6, 6.07) is 2.82. The highest BCUT2D eigenvalue weighted by Gasteiger charge is 2.17. The van der Waals surface area contributed by atoms with Gasteiger partial charge in [-0.1, -0.05) is 0 Å². The van der Waals surface area contributed by atoms with E-state index in [0.29, 0.717) is 24.5 Å². The molecule has 0 atom stereocenters. The van der Waals surface area contributed by atoms with Crippen molar-refractivity contribution < 1.29 is 19.0 Å². The Hall–Kier alpha value is -1.29. The molecule has 0 saturated carbocycles. The molecule has 0 unspecified atom stereocenters. The highest BCUT2D eigenvalue weighted by molar-refractivity contribution is 5.44. The lowest BCUT2D eigenvalue weighted by atomic mass is 10.2. The van der Waals surface area contributed by atoms with Gasteiger partial charge in [0.15, 0.2) is 17.3 Å². The van der Waals surface area contributed by atoms with Gasteiger partial charge in [-0.05, 0) is 17.7 Å². The van der Waals surface area contributed by atoms with Gasteiger partial charge in [0.05, 0.1) is 6.61 Å². The predicted molar refractivity (Wildman–Crippen MR) is 43.3 cm³/mol. The van der Waals surface area contributed by atoms with Crippen molar-refractivity contribution in [2.75, 3.05) is 13.2 Å². The zero-order valence-electron chi connectivity index (χ0n) is 6.92. The smallest absolute Gasteiger partial charge is 0.197 e. The van der Waals surface area contributed by atoms with E-state index in [1.165, 1.54) is 6.07 Å². The number of ether oxygens (including phenoxy) is 2. The van der Waals surface area contributed by atoms with Crippen LogP contribution < -0.4 is 9.47 Å². The summed E-state index contributed by atoms with van der Waals surface area (Å²) in [5, 5.41) is 8.80. The monoisotopic (exact) mass is 184 g/mol. The van der Waals surface area contributed by atoms with Gasteiger partial charge in [-0.25, -0.2) is 4.39 Å². The van der Waals surface area contributed by atoms with E-state index in [1.807, 2.05) is 0 Å². The van der Waals surface area contributed by atoms with Crippen LogP contribution in [0.25, 0.3) is 0 Å². The first-order valence-electron chi connectivity index (χ1n) is 4.00. The Balaban J connectivity index is 2.47. The minimum atomic E-state index is -0.485. The molecular weight excluding hydrogens is 175 g/mol. The second-order valence-electron chi connectivity index (χ2n) is 2.76. The third kappa shape index (κ3) is 1.45. The SMILES string of the molecule is OCc1cc(F)c2c(c1)OCCO2. The molecule has 0 spiro atoms. The zero-order valence-corrected chi connectivity index (χ0v) is 6.92. The molecule has 0 aliphatic carbocycles. The molecule has 1 heterocycles. The fraction of sp³-hybridized carbons (Fsp3) is 0.333. The average molecular weight is 184 g/mol. The number of benzene rings is 1. The van der Waals surface area contributed by atoms with Crippen LogP contribution in [0.2, 0.25) is 0 Å². The number of hydrogen-bond acceptors (Lipinski definition) is 3. The van der Waals surface area contributed by atoms with Gasteiger partial charge in [-0.15, -0.1) is 0 Å². The summed E-state index contributed by atoms with van der Waals surface area (Å²) >= 11 is 0. The van der Waals surface area contributed by atoms with Crippen molar-refractivity contribution in [2.45, 2.75) is 6.61 Å². The third-order valence-electron chi connectivity index (χ3n) is 1.84. The molecule has 0 radical (unpaired) electrons. The van der Waals surface area contributed by atoms with Gasteiger partial charge in [-0.2, -0.15) is 0 Å². The van der Waals surface area contributed by atoms with Crippen LogP contribution in [0.1, 0.15) is 5.56 Å². The minimum absolute atomic E-state index is 0.142. The predicted octanol–water partition coefficient (Wildman–Crippen LogP) is 1.09. The standard InChI is InChI=1S/C9H9FO3/c10-7-3-6(5-11)4-8-9(7)13-2-1-12-8/h3-4,11H,1-2,5H2. The lowest BCUT2D eigenvalue weighted by Gasteiger charge is -2.19. The molecule has 13 heavy (non-hydrogen) atoms. The second-order valence-corrected chi connectivity index (χ2v) is 2.76. The lowest BCUT2D eigenvalue weighted by molar-refractivity contribution is 0.163. The van der Waals surface area contributed by atoms with Crippen molar-refractivity contribution in [1.29, 1.82) is 0 Å². The van der Waals surface area contributed by atoms with Crippen LogP contribution in [0.3, 0.4) is 0 Å². The molecule has 4 heteroatoms. The topological polar surface area (TPSA) is 38.7 Å². The van der Waals surface area contributed by atoms with Crippen molar-refractivity contribution in [3.63, 3.8) is 0 Å². The number of halogens is 1. The van der Waals surface area contributed by atoms with E-state index in [2.05, 4.69) is 0 Å². The molecule has 1 aromatic carbocycles. The second kappa shape index (κ2) is 3.22. The van der Waals surface area contributed by atoms with E-state index in [0.717, 1.165) is 0 Å². The molecule has 3 nitrogen and oxygen atoms in total. The molecule has 0 amide bonds. The van der Waals surface area contributed by atoms with E-state index >= 15 is 0 Å². The highest BCUT2D eigenvalue weighted by atomic mass is 19.1. The number of fused-ring (bicyclic) bond motifs is 1. The van der Waals surface area contributed by atoms with Gasteiger partial charge in [0.2, 0.25) is 0 Å². The first-order chi connectivity index (χ1) is 6.31. The Labute approximate surface area is 74.7 Å². The van der Waals surface area contributed by atoms with Crippen LogP contribution in [0.5, 0.6) is 11.5 Å². The highest BCUT2D eigenvalue weighted by Crippen LogP contribution is 2.33. The molecule has 0 bridgehead atoms. The van der Waals surface area contributed by atoms with Crippen LogP contribution in [-0.2, 0) is 6.61 Å². The molecule has 0 saturated heterocycles. The first kappa shape index (κ1) is 8.31. The molecule has 0 aromatic heterocycles. The van der Waals surface area contributed by atoms with Crippen molar-refractivity contribution in [1.82, 2.24) is 0 Å². The van der Waals surface area contributed by atoms with Crippen molar-refractivity contribution >= 4 is 0 Å². The number of hydrogen-bond donors (Lipinski definition) is 1. The molecule has 70 valence electrons. The summed E-state index contributed by atoms with van der Waals surface area (Å²) in [5.41, 5.74) is 0.488. The zero-order chi connectivity index (χ0) is 9.26. The number of aliphatic hydroxyl groups is 1. The number of rotatable bonds is 1. The lowest BCUT2D eigenvalue weighted by Crippen LogP contribution is -2.16. The molecule has 1 aliphatic heterocycles. The van der Waals surface area contributed by atoms with E-state index in [9.17, 15) is 4.39 Å². The Morgan fingerprint density at radius 3 is 2.85 bits per heavy atom. The largest absolute Gasteiger partial charge is 0.486 e. The van der Waals surface area contributed by atoms with Crippen LogP contribution >= 0.6 is 0 Å². The van der Waals surface area contributed by atoms with Crippen molar-refractivity contribution in [2.24, 2.45) is 0 Å². The Kier molecular flexibility index (Phi) is 2.06. The molecule has 1 N–H and O–H groups in total. The summed E-state index contributed by atoms with van der Waals surface area (Å²) in [7, 11) is 0. The summed E-state index contributed by atoms with van der Waals surface area (Å²) in [5.74, 6) is 0.0278. The van der Waals surface area contributed by atoms with Crippen molar-refractivity contribution in [3.8, 4) is 11.5 Å².